The summed E-state index contributed by atoms with van der Waals surface area (Å²) in [5.41, 5.74) is 7.24. The highest BCUT2D eigenvalue weighted by Crippen LogP contribution is 2.38. The highest BCUT2D eigenvalue weighted by Gasteiger charge is 2.29. The summed E-state index contributed by atoms with van der Waals surface area (Å²) in [4.78, 5) is 14.6. The summed E-state index contributed by atoms with van der Waals surface area (Å²) >= 11 is 0.419. The third kappa shape index (κ3) is 12.0. The van der Waals surface area contributed by atoms with Gasteiger partial charge in [-0.3, -0.25) is 0 Å². The number of hydrogen-bond acceptors (Lipinski definition) is 6. The first-order valence-electron chi connectivity index (χ1n) is 20.9. The maximum Gasteiger partial charge on any atom is 0.342 e. The van der Waals surface area contributed by atoms with Gasteiger partial charge in [-0.2, -0.15) is 0 Å². The molecule has 0 saturated carbocycles. The average molecular weight is 893 g/mol. The second kappa shape index (κ2) is 20.3. The third-order valence-electron chi connectivity index (χ3n) is 10.6. The number of rotatable bonds is 16. The van der Waals surface area contributed by atoms with Crippen LogP contribution >= 0.6 is 11.9 Å². The Morgan fingerprint density at radius 3 is 1.69 bits per heavy atom. The van der Waals surface area contributed by atoms with Crippen LogP contribution in [0.3, 0.4) is 0 Å². The van der Waals surface area contributed by atoms with Crippen LogP contribution in [-0.2, 0) is 41.9 Å². The van der Waals surface area contributed by atoms with Crippen molar-refractivity contribution in [2.45, 2.75) is 90.5 Å². The van der Waals surface area contributed by atoms with E-state index in [-0.39, 0.29) is 55.0 Å². The zero-order valence-corrected chi connectivity index (χ0v) is 38.0. The van der Waals surface area contributed by atoms with Gasteiger partial charge in [-0.05, 0) is 75.2 Å². The van der Waals surface area contributed by atoms with E-state index >= 15 is 8.78 Å². The van der Waals surface area contributed by atoms with Crippen molar-refractivity contribution >= 4 is 23.6 Å². The summed E-state index contributed by atoms with van der Waals surface area (Å²) in [7, 11) is 0. The predicted octanol–water partition coefficient (Wildman–Crippen LogP) is 14.0. The number of nitrogens with zero attached hydrogens (tertiary/aromatic N) is 2. The van der Waals surface area contributed by atoms with Crippen LogP contribution in [0, 0.1) is 36.0 Å². The van der Waals surface area contributed by atoms with Crippen LogP contribution in [0.25, 0.3) is 0 Å². The molecule has 0 fully saturated rings. The van der Waals surface area contributed by atoms with Gasteiger partial charge in [0.15, 0.2) is 23.3 Å². The lowest BCUT2D eigenvalue weighted by Crippen LogP contribution is -2.30. The second-order valence-corrected chi connectivity index (χ2v) is 19.0. The molecule has 6 aromatic carbocycles. The van der Waals surface area contributed by atoms with Crippen molar-refractivity contribution in [3.8, 4) is 5.75 Å². The molecule has 64 heavy (non-hydrogen) atoms. The van der Waals surface area contributed by atoms with Crippen molar-refractivity contribution in [2.24, 2.45) is 0 Å². The molecule has 334 valence electrons. The minimum atomic E-state index is -2.23. The Bertz CT molecular complexity index is 2530. The van der Waals surface area contributed by atoms with E-state index in [2.05, 4.69) is 66.3 Å². The van der Waals surface area contributed by atoms with Crippen LogP contribution < -0.4 is 9.64 Å². The first-order valence-corrected chi connectivity index (χ1v) is 21.7. The maximum absolute atomic E-state index is 15.3. The molecule has 0 aromatic heterocycles. The number of esters is 1. The Kier molecular flexibility index (Phi) is 15.1. The number of halogens is 5. The molecular formula is C53H53F5N2O3S. The molecule has 0 amide bonds. The van der Waals surface area contributed by atoms with Crippen LogP contribution in [0.2, 0.25) is 0 Å². The highest BCUT2D eigenvalue weighted by atomic mass is 32.2. The number of anilines is 1. The van der Waals surface area contributed by atoms with Gasteiger partial charge in [0.2, 0.25) is 5.82 Å². The number of aryl methyl sites for hydroxylation is 1. The van der Waals surface area contributed by atoms with E-state index in [1.54, 1.807) is 18.2 Å². The lowest BCUT2D eigenvalue weighted by atomic mass is 9.79. The molecule has 11 heteroatoms. The minimum Gasteiger partial charge on any atom is -0.488 e. The fraction of sp³-hybridized carbons (Fsp3) is 0.264. The predicted molar refractivity (Wildman–Crippen MR) is 246 cm³/mol. The molecule has 6 aromatic rings. The van der Waals surface area contributed by atoms with Crippen LogP contribution in [0.1, 0.15) is 90.8 Å². The van der Waals surface area contributed by atoms with Crippen molar-refractivity contribution in [1.29, 1.82) is 0 Å². The maximum atomic E-state index is 15.3. The van der Waals surface area contributed by atoms with Gasteiger partial charge in [0.05, 0.1) is 0 Å². The van der Waals surface area contributed by atoms with Crippen molar-refractivity contribution in [3.63, 3.8) is 0 Å². The second-order valence-electron chi connectivity index (χ2n) is 17.9. The van der Waals surface area contributed by atoms with Gasteiger partial charge in [-0.15, -0.1) is 0 Å². The molecule has 0 unspecified atom stereocenters. The van der Waals surface area contributed by atoms with Gasteiger partial charge in [0.1, 0.15) is 29.4 Å². The van der Waals surface area contributed by atoms with E-state index in [0.717, 1.165) is 38.9 Å². The fourth-order valence-electron chi connectivity index (χ4n) is 6.82. The lowest BCUT2D eigenvalue weighted by molar-refractivity contribution is 0.0467. The molecule has 5 nitrogen and oxygen atoms in total. The van der Waals surface area contributed by atoms with E-state index in [0.29, 0.717) is 23.3 Å². The van der Waals surface area contributed by atoms with Gasteiger partial charge in [-0.1, -0.05) is 157 Å². The van der Waals surface area contributed by atoms with E-state index in [1.807, 2.05) is 96.8 Å². The van der Waals surface area contributed by atoms with Crippen molar-refractivity contribution in [2.75, 3.05) is 11.4 Å². The van der Waals surface area contributed by atoms with Crippen LogP contribution in [0.15, 0.2) is 138 Å². The average Bonchev–Trinajstić information content (AvgIpc) is 3.27. The summed E-state index contributed by atoms with van der Waals surface area (Å²) in [6.45, 7) is 19.6. The molecule has 0 aliphatic carbocycles. The van der Waals surface area contributed by atoms with E-state index in [4.69, 9.17) is 9.47 Å². The molecule has 0 N–H and O–H groups in total. The van der Waals surface area contributed by atoms with E-state index in [9.17, 15) is 18.0 Å². The topological polar surface area (TPSA) is 42.0 Å². The van der Waals surface area contributed by atoms with Gasteiger partial charge in [0, 0.05) is 37.1 Å². The van der Waals surface area contributed by atoms with Gasteiger partial charge >= 0.3 is 5.97 Å². The van der Waals surface area contributed by atoms with Crippen molar-refractivity contribution < 1.29 is 36.2 Å². The first-order chi connectivity index (χ1) is 30.3. The summed E-state index contributed by atoms with van der Waals surface area (Å²) in [5.74, 6) is -10.5. The SMILES string of the molecule is C=C(CN(Cc1ccc(C)cc1)Sc1c(F)c(F)c(F)c(F)c1F)N(Cc1cc(C(C)(C)C)cc(C(C)(C)C)c1)c1ccc(C(=O)OCc2ccccc2)c(OCc2ccccc2)c1. The zero-order chi connectivity index (χ0) is 46.3. The molecule has 0 radical (unpaired) electrons. The molecular weight excluding hydrogens is 840 g/mol. The molecule has 0 aliphatic heterocycles. The molecule has 0 atom stereocenters. The third-order valence-corrected chi connectivity index (χ3v) is 11.7. The molecule has 0 heterocycles. The van der Waals surface area contributed by atoms with Crippen LogP contribution in [0.4, 0.5) is 27.6 Å². The zero-order valence-electron chi connectivity index (χ0n) is 37.2. The summed E-state index contributed by atoms with van der Waals surface area (Å²) < 4.78 is 87.7. The molecule has 0 aliphatic rings. The number of carbonyl (C=O) groups excluding carboxylic acids is 1. The van der Waals surface area contributed by atoms with Gasteiger partial charge in [-0.25, -0.2) is 31.1 Å². The number of benzene rings is 6. The Labute approximate surface area is 377 Å². The Morgan fingerprint density at radius 2 is 1.14 bits per heavy atom. The lowest BCUT2D eigenvalue weighted by Gasteiger charge is -2.33. The normalized spacial score (nSPS) is 11.8. The standard InChI is InChI=1S/C53H53F5N2O3S/c1-34-19-21-36(22-20-34)30-59(64-50-48(57)46(55)45(54)47(56)49(50)58)29-35(2)60(31-39-25-40(52(3,4)5)27-41(26-39)53(6,7)8)42-23-24-43(51(61)63-33-38-17-13-10-14-18-38)44(28-42)62-32-37-15-11-9-12-16-37/h9-28H,2,29-33H2,1,3-8H3. The van der Waals surface area contributed by atoms with E-state index in [1.165, 1.54) is 4.31 Å². The Balaban J connectivity index is 1.46. The summed E-state index contributed by atoms with van der Waals surface area (Å²) in [6, 6.07) is 37.8. The quantitative estimate of drug-likeness (QED) is 0.0317. The van der Waals surface area contributed by atoms with E-state index < -0.39 is 40.0 Å². The molecule has 0 saturated heterocycles. The highest BCUT2D eigenvalue weighted by molar-refractivity contribution is 7.97. The summed E-state index contributed by atoms with van der Waals surface area (Å²) in [6.07, 6.45) is 0. The smallest absolute Gasteiger partial charge is 0.342 e. The molecule has 0 spiro atoms. The number of hydrogen-bond donors (Lipinski definition) is 0. The fourth-order valence-corrected chi connectivity index (χ4v) is 7.85. The van der Waals surface area contributed by atoms with Crippen molar-refractivity contribution in [3.05, 3.63) is 207 Å². The van der Waals surface area contributed by atoms with Gasteiger partial charge < -0.3 is 14.4 Å². The Hall–Kier alpha value is -5.91. The molecule has 0 bridgehead atoms. The largest absolute Gasteiger partial charge is 0.488 e. The number of ether oxygens (including phenoxy) is 2. The van der Waals surface area contributed by atoms with Crippen LogP contribution in [0.5, 0.6) is 5.75 Å². The summed E-state index contributed by atoms with van der Waals surface area (Å²) in [5, 5.41) is 0. The number of carbonyl (C=O) groups is 1. The van der Waals surface area contributed by atoms with Crippen LogP contribution in [-0.4, -0.2) is 16.8 Å². The molecule has 6 rings (SSSR count). The Morgan fingerprint density at radius 1 is 0.609 bits per heavy atom. The first kappa shape index (κ1) is 47.6. The monoisotopic (exact) mass is 892 g/mol. The van der Waals surface area contributed by atoms with Crippen molar-refractivity contribution in [1.82, 2.24) is 4.31 Å². The minimum absolute atomic E-state index is 0.0419. The van der Waals surface area contributed by atoms with Gasteiger partial charge in [0.25, 0.3) is 0 Å².